The van der Waals surface area contributed by atoms with Crippen molar-refractivity contribution < 1.29 is 30.0 Å². The third-order valence-corrected chi connectivity index (χ3v) is 11.9. The molecule has 0 aliphatic carbocycles. The third kappa shape index (κ3) is 18.3. The molecule has 8 N–H and O–H groups in total. The van der Waals surface area contributed by atoms with E-state index in [0.717, 1.165) is 67.9 Å². The number of aliphatic carboxylic acids is 1. The number of anilines is 4. The number of nitrogens with two attached hydrogens (primary N) is 2. The third-order valence-electron chi connectivity index (χ3n) is 11.9. The number of carbonyl (C=O) groups excluding carboxylic acids is 3. The van der Waals surface area contributed by atoms with Crippen LogP contribution in [0.2, 0.25) is 0 Å². The minimum absolute atomic E-state index is 0.0944. The highest BCUT2D eigenvalue weighted by atomic mass is 19.1. The number of nitrogen functional groups attached to an aromatic ring is 2. The number of benzene rings is 2. The van der Waals surface area contributed by atoms with Crippen molar-refractivity contribution in [2.45, 2.75) is 91.1 Å². The van der Waals surface area contributed by atoms with Gasteiger partial charge in [0.15, 0.2) is 0 Å². The lowest BCUT2D eigenvalue weighted by molar-refractivity contribution is -0.147. The minimum Gasteiger partial charge on any atom is -0.474 e. The van der Waals surface area contributed by atoms with Crippen molar-refractivity contribution in [3.63, 3.8) is 0 Å². The Morgan fingerprint density at radius 3 is 1.66 bits per heavy atom. The molecule has 2 aromatic heterocycles. The Bertz CT molecular complexity index is 2190. The van der Waals surface area contributed by atoms with E-state index < -0.39 is 30.8 Å². The standard InChI is InChI=1S/C25H35N5O2.C16H26N2.C9H11N3O3.CH3F/c1-5-19-14-21(15-27-23(19)26)28-24(31)25(32)30-16-17(2)6-11-22(30)20-9-7-18(8-10-20)12-13-29(3)4;1-13-4-9-16(17-12-13)15-7-5-14(6-8-15)10-11-18(2)3;1-2-5-3-6(4-11-7(5)10)12-8(13)9(14)15;1-2/h7-10,14-15,17,22H,5-6,11-13,16H2,1-4H3,(H2,26,27)(H,28,31);5-8,13,16-17H,4,9-12H2,1-3H3;3-4H,2H2,1H3,(H2,10,11)(H,12,13)(H,14,15);1H3/t17-,22+;13-,16+;;/m00../s1/i;;;1D. The smallest absolute Gasteiger partial charge is 0.394 e. The fourth-order valence-corrected chi connectivity index (χ4v) is 7.78. The molecular weight excluding hydrogens is 852 g/mol. The molecule has 2 aromatic carbocycles. The van der Waals surface area contributed by atoms with Gasteiger partial charge in [0.2, 0.25) is 0 Å². The number of nitrogens with zero attached hydrogens (tertiary/aromatic N) is 5. The second kappa shape index (κ2) is 28.3. The van der Waals surface area contributed by atoms with Crippen LogP contribution in [0.15, 0.2) is 73.1 Å². The van der Waals surface area contributed by atoms with Crippen molar-refractivity contribution in [3.8, 4) is 0 Å². The number of carboxylic acids is 1. The number of hydrogen-bond acceptors (Lipinski definition) is 11. The number of rotatable bonds is 12. The SMILES string of the molecule is CCc1cc(NC(=O)C(=O)N2C[C@@H](C)CC[C@@H]2c2ccc(CCN(C)C)cc2)cnc1N.CCc1cc(NC(=O)C(=O)O)cnc1N.C[C@H]1CC[C@H](c2ccc(CCN(C)C)cc2)NC1.[2H]CF. The average Bonchev–Trinajstić information content (AvgIpc) is 3.32. The molecule has 366 valence electrons. The molecule has 4 aromatic rings. The van der Waals surface area contributed by atoms with Gasteiger partial charge in [-0.3, -0.25) is 18.8 Å². The first-order valence-corrected chi connectivity index (χ1v) is 23.1. The highest BCUT2D eigenvalue weighted by molar-refractivity contribution is 6.39. The van der Waals surface area contributed by atoms with Crippen molar-refractivity contribution in [1.29, 1.82) is 0 Å². The van der Waals surface area contributed by atoms with Gasteiger partial charge in [0.05, 0.1) is 38.3 Å². The van der Waals surface area contributed by atoms with Gasteiger partial charge < -0.3 is 47.2 Å². The number of aromatic nitrogens is 2. The summed E-state index contributed by atoms with van der Waals surface area (Å²) in [7, 11) is 7.38. The Balaban J connectivity index is 0.000000287. The number of aryl methyl sites for hydroxylation is 2. The Morgan fingerprint density at radius 2 is 1.22 bits per heavy atom. The second-order valence-electron chi connectivity index (χ2n) is 17.8. The quantitative estimate of drug-likeness (QED) is 0.0797. The van der Waals surface area contributed by atoms with E-state index in [1.54, 1.807) is 17.0 Å². The maximum atomic E-state index is 13.2. The molecule has 0 spiro atoms. The van der Waals surface area contributed by atoms with Crippen molar-refractivity contribution in [2.75, 3.05) is 83.6 Å². The molecule has 67 heavy (non-hydrogen) atoms. The van der Waals surface area contributed by atoms with Crippen LogP contribution >= 0.6 is 0 Å². The van der Waals surface area contributed by atoms with E-state index in [2.05, 4.69) is 126 Å². The summed E-state index contributed by atoms with van der Waals surface area (Å²) in [6.45, 7) is 12.1. The summed E-state index contributed by atoms with van der Waals surface area (Å²) in [6, 6.07) is 21.5. The number of piperidine rings is 2. The van der Waals surface area contributed by atoms with Crippen molar-refractivity contribution >= 4 is 46.7 Å². The number of likely N-dealkylation sites (tertiary alicyclic amines) is 1. The number of hydrogen-bond donors (Lipinski definition) is 6. The first-order chi connectivity index (χ1) is 32.4. The van der Waals surface area contributed by atoms with Crippen LogP contribution in [-0.2, 0) is 44.9 Å². The van der Waals surface area contributed by atoms with Crippen LogP contribution in [0.5, 0.6) is 0 Å². The summed E-state index contributed by atoms with van der Waals surface area (Å²) in [5, 5.41) is 16.9. The Kier molecular flexibility index (Phi) is 22.6. The molecule has 2 aliphatic rings. The molecule has 2 fully saturated rings. The molecule has 0 unspecified atom stereocenters. The largest absolute Gasteiger partial charge is 0.474 e. The summed E-state index contributed by atoms with van der Waals surface area (Å²) in [5.74, 6) is -1.77. The molecule has 16 heteroatoms. The van der Waals surface area contributed by atoms with E-state index in [1.165, 1.54) is 41.9 Å². The number of amides is 3. The Morgan fingerprint density at radius 1 is 0.761 bits per heavy atom. The molecule has 3 amide bonds. The van der Waals surface area contributed by atoms with Crippen molar-refractivity contribution in [1.82, 2.24) is 30.0 Å². The summed E-state index contributed by atoms with van der Waals surface area (Å²) in [6.07, 6.45) is 10.8. The lowest BCUT2D eigenvalue weighted by atomic mass is 9.89. The summed E-state index contributed by atoms with van der Waals surface area (Å²) < 4.78 is 15.5. The van der Waals surface area contributed by atoms with Gasteiger partial charge in [-0.25, -0.2) is 14.8 Å². The van der Waals surface area contributed by atoms with Gasteiger partial charge in [-0.05, 0) is 143 Å². The number of nitrogens with one attached hydrogen (secondary N) is 3. The minimum atomic E-state index is -1.54. The molecular formula is C51H75FN10O5. The number of halogens is 1. The number of carboxylic acid groups (broad SMARTS) is 1. The lowest BCUT2D eigenvalue weighted by Gasteiger charge is -2.38. The zero-order chi connectivity index (χ0) is 50.3. The van der Waals surface area contributed by atoms with E-state index in [9.17, 15) is 23.6 Å². The average molecular weight is 928 g/mol. The zero-order valence-corrected chi connectivity index (χ0v) is 40.8. The number of pyridine rings is 2. The van der Waals surface area contributed by atoms with Gasteiger partial charge >= 0.3 is 23.7 Å². The van der Waals surface area contributed by atoms with Crippen LogP contribution in [0.25, 0.3) is 0 Å². The van der Waals surface area contributed by atoms with Crippen LogP contribution in [0, 0.1) is 11.8 Å². The fraction of sp³-hybridized carbons (Fsp3) is 0.490. The highest BCUT2D eigenvalue weighted by Gasteiger charge is 2.34. The Hall–Kier alpha value is -5.97. The maximum absolute atomic E-state index is 13.2. The molecule has 4 atom stereocenters. The van der Waals surface area contributed by atoms with E-state index in [0.29, 0.717) is 54.4 Å². The van der Waals surface area contributed by atoms with Crippen molar-refractivity contribution in [2.24, 2.45) is 11.8 Å². The van der Waals surface area contributed by atoms with Crippen molar-refractivity contribution in [3.05, 3.63) is 106 Å². The maximum Gasteiger partial charge on any atom is 0.394 e. The fourth-order valence-electron chi connectivity index (χ4n) is 7.78. The van der Waals surface area contributed by atoms with E-state index in [-0.39, 0.29) is 6.04 Å². The molecule has 2 saturated heterocycles. The summed E-state index contributed by atoms with van der Waals surface area (Å²) >= 11 is 0. The molecule has 2 aliphatic heterocycles. The second-order valence-corrected chi connectivity index (χ2v) is 17.8. The van der Waals surface area contributed by atoms with Gasteiger partial charge in [-0.2, -0.15) is 0 Å². The lowest BCUT2D eigenvalue weighted by Crippen LogP contribution is -2.46. The van der Waals surface area contributed by atoms with Crippen LogP contribution in [-0.4, -0.2) is 115 Å². The molecule has 6 rings (SSSR count). The first-order valence-electron chi connectivity index (χ1n) is 23.8. The summed E-state index contributed by atoms with van der Waals surface area (Å²) in [4.78, 5) is 61.1. The topological polar surface area (TPSA) is 212 Å². The van der Waals surface area contributed by atoms with Crippen LogP contribution in [0.3, 0.4) is 0 Å². The van der Waals surface area contributed by atoms with Gasteiger partial charge in [-0.1, -0.05) is 76.2 Å². The number of likely N-dealkylation sites (N-methyl/N-ethyl adjacent to an activating group) is 2. The predicted molar refractivity (Wildman–Crippen MR) is 267 cm³/mol. The van der Waals surface area contributed by atoms with Gasteiger partial charge in [-0.15, -0.1) is 0 Å². The predicted octanol–water partition coefficient (Wildman–Crippen LogP) is 6.95. The van der Waals surface area contributed by atoms with Crippen LogP contribution in [0.1, 0.15) is 100 Å². The Labute approximate surface area is 398 Å². The number of carbonyl (C=O) groups is 4. The molecule has 0 bridgehead atoms. The molecule has 15 nitrogen and oxygen atoms in total. The van der Waals surface area contributed by atoms with E-state index in [1.807, 2.05) is 13.8 Å². The van der Waals surface area contributed by atoms with Gasteiger partial charge in [0, 0.05) is 25.7 Å². The van der Waals surface area contributed by atoms with Gasteiger partial charge in [0.1, 0.15) is 11.6 Å². The molecule has 4 heterocycles. The summed E-state index contributed by atoms with van der Waals surface area (Å²) in [5.41, 5.74) is 19.1. The normalized spacial score (nSPS) is 17.9. The van der Waals surface area contributed by atoms with Gasteiger partial charge in [0.25, 0.3) is 0 Å². The van der Waals surface area contributed by atoms with Crippen LogP contribution < -0.4 is 27.4 Å². The number of alkyl halides is 1. The molecule has 0 saturated carbocycles. The highest BCUT2D eigenvalue weighted by Crippen LogP contribution is 2.34. The monoisotopic (exact) mass is 928 g/mol. The zero-order valence-electron chi connectivity index (χ0n) is 41.8. The van der Waals surface area contributed by atoms with Crippen LogP contribution in [0.4, 0.5) is 27.4 Å². The van der Waals surface area contributed by atoms with E-state index >= 15 is 0 Å². The first kappa shape index (κ1) is 53.6. The van der Waals surface area contributed by atoms with E-state index in [4.69, 9.17) is 17.9 Å². The molecule has 0 radical (unpaired) electrons.